The van der Waals surface area contributed by atoms with Gasteiger partial charge in [0.05, 0.1) is 25.9 Å². The number of hydrogen-bond acceptors (Lipinski definition) is 4. The van der Waals surface area contributed by atoms with Crippen molar-refractivity contribution in [1.82, 2.24) is 14.5 Å². The number of morpholine rings is 1. The topological polar surface area (TPSA) is 50.5 Å². The lowest BCUT2D eigenvalue weighted by Crippen LogP contribution is -2.42. The van der Waals surface area contributed by atoms with Crippen molar-refractivity contribution in [3.63, 3.8) is 0 Å². The summed E-state index contributed by atoms with van der Waals surface area (Å²) in [5, 5.41) is 9.97. The first kappa shape index (κ1) is 11.6. The summed E-state index contributed by atoms with van der Waals surface area (Å²) in [6, 6.07) is 0. The summed E-state index contributed by atoms with van der Waals surface area (Å²) in [7, 11) is 0. The van der Waals surface area contributed by atoms with Gasteiger partial charge in [-0.3, -0.25) is 4.90 Å². The van der Waals surface area contributed by atoms with Crippen molar-refractivity contribution >= 4 is 0 Å². The summed E-state index contributed by atoms with van der Waals surface area (Å²) in [6.07, 6.45) is 3.32. The molecule has 1 saturated heterocycles. The van der Waals surface area contributed by atoms with E-state index in [1.54, 1.807) is 6.20 Å². The molecular weight excluding hydrogens is 206 g/mol. The van der Waals surface area contributed by atoms with E-state index in [9.17, 15) is 5.11 Å². The van der Waals surface area contributed by atoms with Gasteiger partial charge in [0.1, 0.15) is 5.82 Å². The fraction of sp³-hybridized carbons (Fsp3) is 0.727. The van der Waals surface area contributed by atoms with Crippen LogP contribution in [-0.4, -0.2) is 58.5 Å². The molecule has 0 spiro atoms. The van der Waals surface area contributed by atoms with Gasteiger partial charge in [-0.15, -0.1) is 0 Å². The van der Waals surface area contributed by atoms with Gasteiger partial charge in [-0.2, -0.15) is 0 Å². The highest BCUT2D eigenvalue weighted by molar-refractivity contribution is 4.89. The van der Waals surface area contributed by atoms with E-state index in [0.717, 1.165) is 32.1 Å². The molecule has 0 aromatic carbocycles. The minimum absolute atomic E-state index is 0.342. The van der Waals surface area contributed by atoms with E-state index in [4.69, 9.17) is 4.74 Å². The van der Waals surface area contributed by atoms with Crippen LogP contribution in [-0.2, 0) is 11.3 Å². The Morgan fingerprint density at radius 3 is 2.81 bits per heavy atom. The average molecular weight is 225 g/mol. The van der Waals surface area contributed by atoms with Crippen LogP contribution in [0.2, 0.25) is 0 Å². The van der Waals surface area contributed by atoms with Gasteiger partial charge in [-0.05, 0) is 6.92 Å². The van der Waals surface area contributed by atoms with Crippen molar-refractivity contribution in [3.05, 3.63) is 18.2 Å². The number of nitrogens with zero attached hydrogens (tertiary/aromatic N) is 3. The Morgan fingerprint density at radius 1 is 1.44 bits per heavy atom. The van der Waals surface area contributed by atoms with Gasteiger partial charge in [-0.1, -0.05) is 0 Å². The molecule has 1 aliphatic heterocycles. The molecule has 2 rings (SSSR count). The molecule has 0 saturated carbocycles. The number of aliphatic hydroxyl groups is 1. The summed E-state index contributed by atoms with van der Waals surface area (Å²) in [4.78, 5) is 6.37. The highest BCUT2D eigenvalue weighted by atomic mass is 16.5. The van der Waals surface area contributed by atoms with E-state index in [2.05, 4.69) is 9.88 Å². The number of aromatic nitrogens is 2. The number of imidazole rings is 1. The van der Waals surface area contributed by atoms with Crippen LogP contribution in [0.1, 0.15) is 5.82 Å². The second-order valence-electron chi connectivity index (χ2n) is 4.19. The molecule has 1 unspecified atom stereocenters. The van der Waals surface area contributed by atoms with E-state index in [1.165, 1.54) is 0 Å². The summed E-state index contributed by atoms with van der Waals surface area (Å²) in [5.41, 5.74) is 0. The lowest BCUT2D eigenvalue weighted by atomic mass is 10.3. The van der Waals surface area contributed by atoms with Gasteiger partial charge in [-0.25, -0.2) is 4.98 Å². The van der Waals surface area contributed by atoms with E-state index in [0.29, 0.717) is 13.1 Å². The molecule has 1 aliphatic rings. The molecule has 0 bridgehead atoms. The lowest BCUT2D eigenvalue weighted by Gasteiger charge is -2.28. The summed E-state index contributed by atoms with van der Waals surface area (Å²) in [6.45, 7) is 6.65. The minimum atomic E-state index is -0.342. The van der Waals surface area contributed by atoms with Gasteiger partial charge in [0.25, 0.3) is 0 Å². The average Bonchev–Trinajstić information content (AvgIpc) is 2.66. The van der Waals surface area contributed by atoms with Crippen molar-refractivity contribution in [2.45, 2.75) is 19.6 Å². The predicted molar refractivity (Wildman–Crippen MR) is 60.2 cm³/mol. The Morgan fingerprint density at radius 2 is 2.19 bits per heavy atom. The predicted octanol–water partition coefficient (Wildman–Crippen LogP) is -0.115. The molecule has 5 nitrogen and oxygen atoms in total. The molecular formula is C11H19N3O2. The Kier molecular flexibility index (Phi) is 3.93. The first-order valence-corrected chi connectivity index (χ1v) is 5.71. The van der Waals surface area contributed by atoms with Crippen LogP contribution in [0.25, 0.3) is 0 Å². The van der Waals surface area contributed by atoms with Crippen molar-refractivity contribution in [3.8, 4) is 0 Å². The maximum absolute atomic E-state index is 9.97. The summed E-state index contributed by atoms with van der Waals surface area (Å²) in [5.74, 6) is 0.945. The van der Waals surface area contributed by atoms with E-state index in [-0.39, 0.29) is 6.10 Å². The summed E-state index contributed by atoms with van der Waals surface area (Å²) >= 11 is 0. The second-order valence-corrected chi connectivity index (χ2v) is 4.19. The Hall–Kier alpha value is -0.910. The van der Waals surface area contributed by atoms with Crippen LogP contribution in [0, 0.1) is 6.92 Å². The third-order valence-corrected chi connectivity index (χ3v) is 2.90. The number of β-amino-alcohol motifs (C(OH)–C–C–N with tert-alkyl or cyclic N) is 1. The zero-order chi connectivity index (χ0) is 11.4. The zero-order valence-corrected chi connectivity index (χ0v) is 9.67. The fourth-order valence-corrected chi connectivity index (χ4v) is 1.96. The van der Waals surface area contributed by atoms with Crippen molar-refractivity contribution in [2.75, 3.05) is 32.8 Å². The third kappa shape index (κ3) is 3.04. The molecule has 0 amide bonds. The van der Waals surface area contributed by atoms with Crippen LogP contribution in [0.15, 0.2) is 12.4 Å². The number of aliphatic hydroxyl groups excluding tert-OH is 1. The highest BCUT2D eigenvalue weighted by Crippen LogP contribution is 2.02. The second kappa shape index (κ2) is 5.43. The molecule has 1 N–H and O–H groups in total. The van der Waals surface area contributed by atoms with E-state index >= 15 is 0 Å². The molecule has 0 aliphatic carbocycles. The normalized spacial score (nSPS) is 19.9. The monoisotopic (exact) mass is 225 g/mol. The number of hydrogen-bond donors (Lipinski definition) is 1. The first-order valence-electron chi connectivity index (χ1n) is 5.71. The number of rotatable bonds is 4. The summed E-state index contributed by atoms with van der Waals surface area (Å²) < 4.78 is 7.25. The van der Waals surface area contributed by atoms with Crippen LogP contribution in [0.5, 0.6) is 0 Å². The maximum atomic E-state index is 9.97. The maximum Gasteiger partial charge on any atom is 0.105 e. The fourth-order valence-electron chi connectivity index (χ4n) is 1.96. The zero-order valence-electron chi connectivity index (χ0n) is 9.67. The molecule has 1 atom stereocenters. The van der Waals surface area contributed by atoms with Crippen molar-refractivity contribution in [1.29, 1.82) is 0 Å². The highest BCUT2D eigenvalue weighted by Gasteiger charge is 2.15. The Balaban J connectivity index is 1.79. The van der Waals surface area contributed by atoms with Gasteiger partial charge in [0, 0.05) is 32.0 Å². The third-order valence-electron chi connectivity index (χ3n) is 2.90. The molecule has 1 fully saturated rings. The lowest BCUT2D eigenvalue weighted by molar-refractivity contribution is 0.0114. The molecule has 1 aromatic rings. The van der Waals surface area contributed by atoms with Crippen LogP contribution in [0.4, 0.5) is 0 Å². The quantitative estimate of drug-likeness (QED) is 0.776. The number of aryl methyl sites for hydroxylation is 1. The number of ether oxygens (including phenoxy) is 1. The molecule has 0 radical (unpaired) electrons. The molecule has 1 aromatic heterocycles. The van der Waals surface area contributed by atoms with Gasteiger partial charge in [0.15, 0.2) is 0 Å². The van der Waals surface area contributed by atoms with Crippen molar-refractivity contribution in [2.24, 2.45) is 0 Å². The Labute approximate surface area is 95.7 Å². The molecule has 2 heterocycles. The van der Waals surface area contributed by atoms with Gasteiger partial charge >= 0.3 is 0 Å². The SMILES string of the molecule is Cc1nccn1CC(O)CN1CCOCC1. The van der Waals surface area contributed by atoms with E-state index < -0.39 is 0 Å². The minimum Gasteiger partial charge on any atom is -0.390 e. The molecule has 16 heavy (non-hydrogen) atoms. The van der Waals surface area contributed by atoms with Gasteiger partial charge in [0.2, 0.25) is 0 Å². The molecule has 90 valence electrons. The van der Waals surface area contributed by atoms with Crippen LogP contribution in [0.3, 0.4) is 0 Å². The standard InChI is InChI=1S/C11H19N3O2/c1-10-12-2-3-14(10)9-11(15)8-13-4-6-16-7-5-13/h2-3,11,15H,4-9H2,1H3. The van der Waals surface area contributed by atoms with E-state index in [1.807, 2.05) is 17.7 Å². The first-order chi connectivity index (χ1) is 7.75. The smallest absolute Gasteiger partial charge is 0.105 e. The Bertz CT molecular complexity index is 321. The van der Waals surface area contributed by atoms with Gasteiger partial charge < -0.3 is 14.4 Å². The molecule has 5 heteroatoms. The van der Waals surface area contributed by atoms with Crippen LogP contribution < -0.4 is 0 Å². The largest absolute Gasteiger partial charge is 0.390 e. The van der Waals surface area contributed by atoms with Crippen molar-refractivity contribution < 1.29 is 9.84 Å². The van der Waals surface area contributed by atoms with Crippen LogP contribution >= 0.6 is 0 Å².